The van der Waals surface area contributed by atoms with Gasteiger partial charge in [0.05, 0.1) is 0 Å². The van der Waals surface area contributed by atoms with Gasteiger partial charge in [-0.2, -0.15) is 0 Å². The summed E-state index contributed by atoms with van der Waals surface area (Å²) in [6.07, 6.45) is 5.79. The number of aryl methyl sites for hydroxylation is 1. The van der Waals surface area contributed by atoms with E-state index in [1.165, 1.54) is 5.56 Å². The van der Waals surface area contributed by atoms with Gasteiger partial charge in [-0.15, -0.1) is 0 Å². The number of benzene rings is 3. The Balaban J connectivity index is 1.58. The quantitative estimate of drug-likeness (QED) is 0.272. The fourth-order valence-electron chi connectivity index (χ4n) is 2.58. The Bertz CT molecular complexity index is 1030. The molecule has 0 atom stereocenters. The lowest BCUT2D eigenvalue weighted by Gasteiger charge is -2.09. The predicted octanol–water partition coefficient (Wildman–Crippen LogP) is 8.35. The lowest BCUT2D eigenvalue weighted by Crippen LogP contribution is -1.91. The van der Waals surface area contributed by atoms with E-state index >= 15 is 0 Å². The van der Waals surface area contributed by atoms with Gasteiger partial charge in [0.15, 0.2) is 0 Å². The summed E-state index contributed by atoms with van der Waals surface area (Å²) >= 11 is 1.70. The Morgan fingerprint density at radius 2 is 1.27 bits per heavy atom. The molecular formula is C27H26O2S. The van der Waals surface area contributed by atoms with E-state index < -0.39 is 0 Å². The van der Waals surface area contributed by atoms with Crippen molar-refractivity contribution in [3.8, 4) is 17.2 Å². The van der Waals surface area contributed by atoms with Crippen LogP contribution in [-0.2, 0) is 0 Å². The van der Waals surface area contributed by atoms with Gasteiger partial charge < -0.3 is 9.47 Å². The molecule has 0 unspecified atom stereocenters. The van der Waals surface area contributed by atoms with E-state index in [0.717, 1.165) is 38.4 Å². The summed E-state index contributed by atoms with van der Waals surface area (Å²) in [5, 5.41) is 0. The van der Waals surface area contributed by atoms with E-state index in [9.17, 15) is 0 Å². The zero-order chi connectivity index (χ0) is 21.3. The van der Waals surface area contributed by atoms with Crippen molar-refractivity contribution in [1.82, 2.24) is 0 Å². The van der Waals surface area contributed by atoms with Crippen LogP contribution in [0, 0.1) is 6.92 Å². The Morgan fingerprint density at radius 3 is 1.77 bits per heavy atom. The molecule has 0 heterocycles. The molecule has 0 aliphatic rings. The average molecular weight is 415 g/mol. The maximum atomic E-state index is 5.91. The van der Waals surface area contributed by atoms with Crippen LogP contribution < -0.4 is 9.47 Å². The summed E-state index contributed by atoms with van der Waals surface area (Å²) in [6.45, 7) is 9.84. The van der Waals surface area contributed by atoms with Crippen LogP contribution >= 0.6 is 11.8 Å². The van der Waals surface area contributed by atoms with Crippen LogP contribution in [0.5, 0.6) is 17.2 Å². The standard InChI is InChI=1S/C27H26O2S/c1-5-22(9-6-20(2)3)28-24-12-16-26(17-13-24)30-27-18-14-25(15-19-27)29-23-10-7-21(4)8-11-23/h5-19H,2H2,1,3-4H3/b9-6-,22-5+. The fraction of sp³-hybridized carbons (Fsp3) is 0.111. The second-order valence-corrected chi connectivity index (χ2v) is 8.08. The number of ether oxygens (including phenoxy) is 2. The molecule has 152 valence electrons. The SMILES string of the molecule is C=C(C)/C=C\C(=C/C)Oc1ccc(Sc2ccc(Oc3ccc(C)cc3)cc2)cc1. The van der Waals surface area contributed by atoms with Crippen LogP contribution in [0.1, 0.15) is 19.4 Å². The highest BCUT2D eigenvalue weighted by atomic mass is 32.2. The molecule has 0 aromatic heterocycles. The average Bonchev–Trinajstić information content (AvgIpc) is 2.75. The maximum absolute atomic E-state index is 5.91. The highest BCUT2D eigenvalue weighted by molar-refractivity contribution is 7.99. The van der Waals surface area contributed by atoms with Crippen LogP contribution in [0.15, 0.2) is 119 Å². The summed E-state index contributed by atoms with van der Waals surface area (Å²) in [5.41, 5.74) is 2.20. The molecule has 2 nitrogen and oxygen atoms in total. The number of hydrogen-bond donors (Lipinski definition) is 0. The van der Waals surface area contributed by atoms with E-state index in [1.807, 2.05) is 80.6 Å². The van der Waals surface area contributed by atoms with Gasteiger partial charge in [0.2, 0.25) is 0 Å². The van der Waals surface area contributed by atoms with Crippen LogP contribution in [-0.4, -0.2) is 0 Å². The Kier molecular flexibility index (Phi) is 7.58. The molecule has 0 spiro atoms. The first kappa shape index (κ1) is 21.5. The predicted molar refractivity (Wildman–Crippen MR) is 127 cm³/mol. The van der Waals surface area contributed by atoms with Gasteiger partial charge in [-0.05, 0) is 93.6 Å². The molecule has 0 aliphatic carbocycles. The highest BCUT2D eigenvalue weighted by Gasteiger charge is 2.02. The first-order valence-electron chi connectivity index (χ1n) is 9.82. The lowest BCUT2D eigenvalue weighted by atomic mass is 10.2. The number of allylic oxidation sites excluding steroid dienone is 4. The van der Waals surface area contributed by atoms with Crippen LogP contribution in [0.25, 0.3) is 0 Å². The van der Waals surface area contributed by atoms with Crippen LogP contribution in [0.2, 0.25) is 0 Å². The lowest BCUT2D eigenvalue weighted by molar-refractivity contribution is 0.443. The van der Waals surface area contributed by atoms with Crippen molar-refractivity contribution in [1.29, 1.82) is 0 Å². The van der Waals surface area contributed by atoms with E-state index in [2.05, 4.69) is 37.8 Å². The third-order valence-electron chi connectivity index (χ3n) is 4.19. The van der Waals surface area contributed by atoms with Crippen molar-refractivity contribution in [2.75, 3.05) is 0 Å². The van der Waals surface area contributed by atoms with E-state index in [-0.39, 0.29) is 0 Å². The molecule has 0 fully saturated rings. The van der Waals surface area contributed by atoms with Crippen molar-refractivity contribution in [2.45, 2.75) is 30.6 Å². The second kappa shape index (κ2) is 10.6. The Labute approximate surface area is 183 Å². The highest BCUT2D eigenvalue weighted by Crippen LogP contribution is 2.31. The van der Waals surface area contributed by atoms with Crippen LogP contribution in [0.3, 0.4) is 0 Å². The molecule has 0 saturated heterocycles. The van der Waals surface area contributed by atoms with E-state index in [0.29, 0.717) is 0 Å². The second-order valence-electron chi connectivity index (χ2n) is 6.93. The van der Waals surface area contributed by atoms with E-state index in [4.69, 9.17) is 9.47 Å². The molecule has 0 N–H and O–H groups in total. The maximum Gasteiger partial charge on any atom is 0.127 e. The normalized spacial score (nSPS) is 11.5. The van der Waals surface area contributed by atoms with Crippen molar-refractivity contribution in [2.24, 2.45) is 0 Å². The third kappa shape index (κ3) is 6.71. The molecule has 0 bridgehead atoms. The first-order valence-corrected chi connectivity index (χ1v) is 10.6. The van der Waals surface area contributed by atoms with Crippen molar-refractivity contribution < 1.29 is 9.47 Å². The van der Waals surface area contributed by atoms with E-state index in [1.54, 1.807) is 11.8 Å². The first-order chi connectivity index (χ1) is 14.5. The van der Waals surface area contributed by atoms with Gasteiger partial charge in [-0.3, -0.25) is 0 Å². The number of rotatable bonds is 8. The molecular weight excluding hydrogens is 388 g/mol. The van der Waals surface area contributed by atoms with Gasteiger partial charge in [0.1, 0.15) is 23.0 Å². The summed E-state index contributed by atoms with van der Waals surface area (Å²) in [4.78, 5) is 2.30. The van der Waals surface area contributed by atoms with Crippen molar-refractivity contribution in [3.05, 3.63) is 114 Å². The van der Waals surface area contributed by atoms with Gasteiger partial charge in [-0.1, -0.05) is 47.7 Å². The van der Waals surface area contributed by atoms with Gasteiger partial charge in [0.25, 0.3) is 0 Å². The molecule has 0 radical (unpaired) electrons. The molecule has 3 aromatic carbocycles. The summed E-state index contributed by atoms with van der Waals surface area (Å²) in [7, 11) is 0. The summed E-state index contributed by atoms with van der Waals surface area (Å²) < 4.78 is 11.8. The zero-order valence-corrected chi connectivity index (χ0v) is 18.4. The molecule has 0 amide bonds. The minimum atomic E-state index is 0.794. The van der Waals surface area contributed by atoms with Gasteiger partial charge >= 0.3 is 0 Å². The van der Waals surface area contributed by atoms with Crippen molar-refractivity contribution in [3.63, 3.8) is 0 Å². The summed E-state index contributed by atoms with van der Waals surface area (Å²) in [6, 6.07) is 24.3. The fourth-order valence-corrected chi connectivity index (χ4v) is 3.40. The molecule has 3 aromatic rings. The third-order valence-corrected chi connectivity index (χ3v) is 5.21. The zero-order valence-electron chi connectivity index (χ0n) is 17.6. The minimum Gasteiger partial charge on any atom is -0.458 e. The van der Waals surface area contributed by atoms with Gasteiger partial charge in [0, 0.05) is 9.79 Å². The molecule has 3 rings (SSSR count). The largest absolute Gasteiger partial charge is 0.458 e. The Morgan fingerprint density at radius 1 is 0.767 bits per heavy atom. The van der Waals surface area contributed by atoms with Crippen LogP contribution in [0.4, 0.5) is 0 Å². The topological polar surface area (TPSA) is 18.5 Å². The minimum absolute atomic E-state index is 0.794. The van der Waals surface area contributed by atoms with Crippen molar-refractivity contribution >= 4 is 11.8 Å². The summed E-state index contributed by atoms with van der Waals surface area (Å²) in [5.74, 6) is 3.27. The van der Waals surface area contributed by atoms with Gasteiger partial charge in [-0.25, -0.2) is 0 Å². The molecule has 30 heavy (non-hydrogen) atoms. The number of hydrogen-bond acceptors (Lipinski definition) is 3. The molecule has 0 aliphatic heterocycles. The molecule has 3 heteroatoms. The smallest absolute Gasteiger partial charge is 0.127 e. The monoisotopic (exact) mass is 414 g/mol. The molecule has 0 saturated carbocycles. The Hall–Kier alpha value is -3.17.